The van der Waals surface area contributed by atoms with E-state index in [0.717, 1.165) is 6.42 Å². The summed E-state index contributed by atoms with van der Waals surface area (Å²) in [5.74, 6) is -0.454. The third-order valence-electron chi connectivity index (χ3n) is 1.91. The molecule has 1 rings (SSSR count). The molecule has 0 amide bonds. The number of esters is 1. The Kier molecular flexibility index (Phi) is 4.14. The van der Waals surface area contributed by atoms with Crippen LogP contribution in [0.25, 0.3) is 0 Å². The first-order chi connectivity index (χ1) is 6.24. The Hall–Kier alpha value is -0.650. The zero-order valence-electron chi connectivity index (χ0n) is 7.44. The van der Waals surface area contributed by atoms with Crippen molar-refractivity contribution in [3.05, 3.63) is 0 Å². The van der Waals surface area contributed by atoms with Gasteiger partial charge in [-0.05, 0) is 6.42 Å². The van der Waals surface area contributed by atoms with E-state index in [9.17, 15) is 4.79 Å². The molecule has 0 radical (unpaired) electrons. The lowest BCUT2D eigenvalue weighted by molar-refractivity contribution is -0.151. The van der Waals surface area contributed by atoms with Crippen molar-refractivity contribution in [2.75, 3.05) is 19.8 Å². The topological polar surface area (TPSA) is 81.8 Å². The monoisotopic (exact) mass is 189 g/mol. The van der Waals surface area contributed by atoms with Gasteiger partial charge in [0.05, 0.1) is 13.2 Å². The van der Waals surface area contributed by atoms with E-state index in [0.29, 0.717) is 13.2 Å². The van der Waals surface area contributed by atoms with Gasteiger partial charge in [-0.2, -0.15) is 0 Å². The van der Waals surface area contributed by atoms with Crippen LogP contribution in [-0.4, -0.2) is 43.0 Å². The molecule has 1 aliphatic heterocycles. The van der Waals surface area contributed by atoms with E-state index in [1.165, 1.54) is 0 Å². The average Bonchev–Trinajstić information content (AvgIpc) is 2.57. The average molecular weight is 189 g/mol. The molecule has 1 heterocycles. The van der Waals surface area contributed by atoms with Crippen molar-refractivity contribution in [1.29, 1.82) is 0 Å². The second kappa shape index (κ2) is 5.16. The Morgan fingerprint density at radius 1 is 1.77 bits per heavy atom. The molecule has 0 aliphatic carbocycles. The minimum absolute atomic E-state index is 0.0998. The van der Waals surface area contributed by atoms with Crippen molar-refractivity contribution < 1.29 is 19.4 Å². The normalized spacial score (nSPS) is 24.3. The molecule has 1 aliphatic rings. The molecule has 1 unspecified atom stereocenters. The highest BCUT2D eigenvalue weighted by Crippen LogP contribution is 2.09. The van der Waals surface area contributed by atoms with Crippen LogP contribution in [0.4, 0.5) is 0 Å². The third-order valence-corrected chi connectivity index (χ3v) is 1.91. The van der Waals surface area contributed by atoms with E-state index in [1.54, 1.807) is 0 Å². The summed E-state index contributed by atoms with van der Waals surface area (Å²) in [6.07, 6.45) is 0.821. The number of hydrogen-bond acceptors (Lipinski definition) is 5. The molecular weight excluding hydrogens is 174 g/mol. The number of aliphatic hydroxyl groups excluding tert-OH is 1. The lowest BCUT2D eigenvalue weighted by Crippen LogP contribution is -2.35. The minimum Gasteiger partial charge on any atom is -0.459 e. The lowest BCUT2D eigenvalue weighted by Gasteiger charge is -2.13. The maximum Gasteiger partial charge on any atom is 0.323 e. The highest BCUT2D eigenvalue weighted by Gasteiger charge is 2.23. The van der Waals surface area contributed by atoms with Gasteiger partial charge in [0.1, 0.15) is 12.1 Å². The van der Waals surface area contributed by atoms with E-state index < -0.39 is 12.0 Å². The van der Waals surface area contributed by atoms with E-state index in [4.69, 9.17) is 20.3 Å². The predicted octanol–water partition coefficient (Wildman–Crippen LogP) is -0.972. The van der Waals surface area contributed by atoms with Crippen molar-refractivity contribution in [3.8, 4) is 0 Å². The Bertz CT molecular complexity index is 168. The SMILES string of the molecule is N[C@H](CCO)C(=O)OC1CCOC1. The number of rotatable bonds is 4. The van der Waals surface area contributed by atoms with Crippen LogP contribution in [0.15, 0.2) is 0 Å². The molecule has 5 heteroatoms. The smallest absolute Gasteiger partial charge is 0.323 e. The maximum atomic E-state index is 11.2. The van der Waals surface area contributed by atoms with Crippen LogP contribution >= 0.6 is 0 Å². The molecule has 5 nitrogen and oxygen atoms in total. The number of hydrogen-bond donors (Lipinski definition) is 2. The van der Waals surface area contributed by atoms with Crippen molar-refractivity contribution in [2.24, 2.45) is 5.73 Å². The van der Waals surface area contributed by atoms with E-state index in [1.807, 2.05) is 0 Å². The number of ether oxygens (including phenoxy) is 2. The zero-order valence-corrected chi connectivity index (χ0v) is 7.44. The summed E-state index contributed by atoms with van der Waals surface area (Å²) in [6, 6.07) is -0.717. The molecule has 0 aromatic rings. The minimum atomic E-state index is -0.717. The number of carbonyl (C=O) groups excluding carboxylic acids is 1. The van der Waals surface area contributed by atoms with Crippen molar-refractivity contribution >= 4 is 5.97 Å². The number of carbonyl (C=O) groups is 1. The van der Waals surface area contributed by atoms with Gasteiger partial charge >= 0.3 is 5.97 Å². The fraction of sp³-hybridized carbons (Fsp3) is 0.875. The molecule has 1 fully saturated rings. The zero-order chi connectivity index (χ0) is 9.68. The second-order valence-electron chi connectivity index (χ2n) is 3.04. The van der Waals surface area contributed by atoms with Crippen molar-refractivity contribution in [2.45, 2.75) is 25.0 Å². The van der Waals surface area contributed by atoms with Gasteiger partial charge in [0.25, 0.3) is 0 Å². The summed E-state index contributed by atoms with van der Waals surface area (Å²) in [4.78, 5) is 11.2. The lowest BCUT2D eigenvalue weighted by atomic mass is 10.2. The van der Waals surface area contributed by atoms with Crippen LogP contribution in [0.2, 0.25) is 0 Å². The summed E-state index contributed by atoms with van der Waals surface area (Å²) in [5.41, 5.74) is 5.43. The van der Waals surface area contributed by atoms with Gasteiger partial charge in [0, 0.05) is 13.0 Å². The standard InChI is InChI=1S/C8H15NO4/c9-7(1-3-10)8(11)13-6-2-4-12-5-6/h6-7,10H,1-5,9H2/t6?,7-/m1/s1. The van der Waals surface area contributed by atoms with Crippen LogP contribution in [0.5, 0.6) is 0 Å². The fourth-order valence-electron chi connectivity index (χ4n) is 1.11. The fourth-order valence-corrected chi connectivity index (χ4v) is 1.11. The molecule has 0 saturated carbocycles. The van der Waals surface area contributed by atoms with E-state index in [-0.39, 0.29) is 19.1 Å². The van der Waals surface area contributed by atoms with Gasteiger partial charge in [0.2, 0.25) is 0 Å². The van der Waals surface area contributed by atoms with Crippen LogP contribution in [0.1, 0.15) is 12.8 Å². The van der Waals surface area contributed by atoms with E-state index in [2.05, 4.69) is 0 Å². The van der Waals surface area contributed by atoms with E-state index >= 15 is 0 Å². The molecule has 13 heavy (non-hydrogen) atoms. The van der Waals surface area contributed by atoms with Crippen molar-refractivity contribution in [3.63, 3.8) is 0 Å². The number of nitrogens with two attached hydrogens (primary N) is 1. The van der Waals surface area contributed by atoms with Crippen LogP contribution in [0, 0.1) is 0 Å². The Morgan fingerprint density at radius 2 is 2.54 bits per heavy atom. The molecule has 0 bridgehead atoms. The largest absolute Gasteiger partial charge is 0.459 e. The molecule has 0 aromatic carbocycles. The van der Waals surface area contributed by atoms with Gasteiger partial charge in [0.15, 0.2) is 0 Å². The van der Waals surface area contributed by atoms with Gasteiger partial charge in [-0.1, -0.05) is 0 Å². The summed E-state index contributed by atoms with van der Waals surface area (Å²) in [6.45, 7) is 0.988. The first-order valence-corrected chi connectivity index (χ1v) is 4.38. The van der Waals surface area contributed by atoms with Crippen LogP contribution in [-0.2, 0) is 14.3 Å². The van der Waals surface area contributed by atoms with Crippen molar-refractivity contribution in [1.82, 2.24) is 0 Å². The first kappa shape index (κ1) is 10.4. The Morgan fingerprint density at radius 3 is 3.08 bits per heavy atom. The molecule has 76 valence electrons. The van der Waals surface area contributed by atoms with Crippen LogP contribution < -0.4 is 5.73 Å². The quantitative estimate of drug-likeness (QED) is 0.556. The summed E-state index contributed by atoms with van der Waals surface area (Å²) in [7, 11) is 0. The maximum absolute atomic E-state index is 11.2. The van der Waals surface area contributed by atoms with Crippen LogP contribution in [0.3, 0.4) is 0 Å². The highest BCUT2D eigenvalue weighted by atomic mass is 16.6. The molecular formula is C8H15NO4. The molecule has 0 aromatic heterocycles. The summed E-state index contributed by atoms with van der Waals surface area (Å²) >= 11 is 0. The summed E-state index contributed by atoms with van der Waals surface area (Å²) in [5, 5.41) is 8.53. The summed E-state index contributed by atoms with van der Waals surface area (Å²) < 4.78 is 10.1. The van der Waals surface area contributed by atoms with Gasteiger partial charge in [-0.25, -0.2) is 0 Å². The van der Waals surface area contributed by atoms with Gasteiger partial charge in [-0.15, -0.1) is 0 Å². The van der Waals surface area contributed by atoms with Gasteiger partial charge in [-0.3, -0.25) is 4.79 Å². The Labute approximate surface area is 76.8 Å². The molecule has 3 N–H and O–H groups in total. The Balaban J connectivity index is 2.22. The highest BCUT2D eigenvalue weighted by molar-refractivity contribution is 5.75. The van der Waals surface area contributed by atoms with Gasteiger partial charge < -0.3 is 20.3 Å². The number of aliphatic hydroxyl groups is 1. The second-order valence-corrected chi connectivity index (χ2v) is 3.04. The molecule has 1 saturated heterocycles. The predicted molar refractivity (Wildman–Crippen MR) is 45.0 cm³/mol. The third kappa shape index (κ3) is 3.30. The molecule has 0 spiro atoms. The first-order valence-electron chi connectivity index (χ1n) is 4.38. The molecule has 2 atom stereocenters.